The van der Waals surface area contributed by atoms with E-state index in [1.54, 1.807) is 0 Å². The van der Waals surface area contributed by atoms with Crippen molar-refractivity contribution in [3.8, 4) is 0 Å². The number of likely N-dealkylation sites (N-methyl/N-ethyl adjacent to an activating group) is 2. The third-order valence-corrected chi connectivity index (χ3v) is 9.00. The molecule has 4 rings (SSSR count). The molecule has 2 heterocycles. The average molecular weight is 497 g/mol. The normalized spacial score (nSPS) is 21.6. The SMILES string of the molecule is CN1CC=C(OCc2ccccc2)CC1CSSCC1CC(OCc2ccccc2)=CCN1C. The van der Waals surface area contributed by atoms with E-state index in [0.717, 1.165) is 49.0 Å². The van der Waals surface area contributed by atoms with E-state index in [1.165, 1.54) is 11.1 Å². The second-order valence-corrected chi connectivity index (χ2v) is 11.6. The number of rotatable bonds is 11. The molecule has 0 N–H and O–H groups in total. The summed E-state index contributed by atoms with van der Waals surface area (Å²) in [6.45, 7) is 3.22. The number of hydrogen-bond donors (Lipinski definition) is 0. The van der Waals surface area contributed by atoms with E-state index in [4.69, 9.17) is 9.47 Å². The highest BCUT2D eigenvalue weighted by molar-refractivity contribution is 8.76. The standard InChI is InChI=1S/C28H36N2O2S2/c1-29-15-13-27(31-19-23-9-5-3-6-10-23)17-25(29)21-33-34-22-26-18-28(14-16-30(26)2)32-20-24-11-7-4-8-12-24/h3-14,25-26H,15-22H2,1-2H3. The fraction of sp³-hybridized carbons (Fsp3) is 0.429. The Morgan fingerprint density at radius 1 is 0.676 bits per heavy atom. The van der Waals surface area contributed by atoms with Gasteiger partial charge in [0, 0.05) is 49.5 Å². The van der Waals surface area contributed by atoms with Crippen molar-refractivity contribution in [1.82, 2.24) is 9.80 Å². The molecule has 0 aliphatic carbocycles. The average Bonchev–Trinajstić information content (AvgIpc) is 2.88. The maximum absolute atomic E-state index is 6.12. The van der Waals surface area contributed by atoms with Gasteiger partial charge in [-0.05, 0) is 37.4 Å². The van der Waals surface area contributed by atoms with Crippen molar-refractivity contribution >= 4 is 21.6 Å². The summed E-state index contributed by atoms with van der Waals surface area (Å²) in [5, 5.41) is 0. The predicted molar refractivity (Wildman–Crippen MR) is 146 cm³/mol. The molecule has 0 aromatic heterocycles. The van der Waals surface area contributed by atoms with Crippen LogP contribution in [0.2, 0.25) is 0 Å². The molecule has 4 nitrogen and oxygen atoms in total. The van der Waals surface area contributed by atoms with Crippen molar-refractivity contribution in [2.45, 2.75) is 38.1 Å². The molecule has 0 bridgehead atoms. The van der Waals surface area contributed by atoms with Crippen LogP contribution in [0.3, 0.4) is 0 Å². The van der Waals surface area contributed by atoms with E-state index in [1.807, 2.05) is 33.7 Å². The van der Waals surface area contributed by atoms with Gasteiger partial charge in [-0.25, -0.2) is 0 Å². The zero-order valence-electron chi connectivity index (χ0n) is 20.3. The summed E-state index contributed by atoms with van der Waals surface area (Å²) in [4.78, 5) is 4.88. The molecule has 0 saturated heterocycles. The van der Waals surface area contributed by atoms with E-state index >= 15 is 0 Å². The van der Waals surface area contributed by atoms with Gasteiger partial charge in [0.15, 0.2) is 0 Å². The molecular formula is C28H36N2O2S2. The number of nitrogens with zero attached hydrogens (tertiary/aromatic N) is 2. The largest absolute Gasteiger partial charge is 0.493 e. The smallest absolute Gasteiger partial charge is 0.113 e. The summed E-state index contributed by atoms with van der Waals surface area (Å²) >= 11 is 0. The molecule has 2 unspecified atom stereocenters. The van der Waals surface area contributed by atoms with Crippen LogP contribution in [0.4, 0.5) is 0 Å². The van der Waals surface area contributed by atoms with Crippen LogP contribution in [0.5, 0.6) is 0 Å². The minimum atomic E-state index is 0.516. The molecule has 0 saturated carbocycles. The van der Waals surface area contributed by atoms with Gasteiger partial charge in [0.2, 0.25) is 0 Å². The van der Waals surface area contributed by atoms with Crippen LogP contribution < -0.4 is 0 Å². The Morgan fingerprint density at radius 3 is 1.50 bits per heavy atom. The zero-order chi connectivity index (χ0) is 23.6. The molecule has 2 aliphatic heterocycles. The summed E-state index contributed by atoms with van der Waals surface area (Å²) in [6.07, 6.45) is 6.44. The lowest BCUT2D eigenvalue weighted by Gasteiger charge is -2.33. The molecule has 2 aromatic rings. The van der Waals surface area contributed by atoms with Crippen LogP contribution in [-0.2, 0) is 22.7 Å². The van der Waals surface area contributed by atoms with Crippen molar-refractivity contribution < 1.29 is 9.47 Å². The van der Waals surface area contributed by atoms with Crippen LogP contribution in [0.15, 0.2) is 84.3 Å². The van der Waals surface area contributed by atoms with Gasteiger partial charge in [-0.1, -0.05) is 82.3 Å². The second kappa shape index (κ2) is 13.3. The number of hydrogen-bond acceptors (Lipinski definition) is 6. The summed E-state index contributed by atoms with van der Waals surface area (Å²) in [7, 11) is 8.42. The van der Waals surface area contributed by atoms with Crippen molar-refractivity contribution in [3.05, 3.63) is 95.5 Å². The van der Waals surface area contributed by atoms with E-state index < -0.39 is 0 Å². The van der Waals surface area contributed by atoms with E-state index in [2.05, 4.69) is 84.6 Å². The molecule has 0 radical (unpaired) electrons. The van der Waals surface area contributed by atoms with Gasteiger partial charge in [-0.2, -0.15) is 0 Å². The van der Waals surface area contributed by atoms with Gasteiger partial charge in [-0.3, -0.25) is 9.80 Å². The summed E-state index contributed by atoms with van der Waals surface area (Å²) in [5.74, 6) is 4.48. The van der Waals surface area contributed by atoms with Crippen LogP contribution >= 0.6 is 21.6 Å². The van der Waals surface area contributed by atoms with Crippen LogP contribution in [0.1, 0.15) is 24.0 Å². The highest BCUT2D eigenvalue weighted by atomic mass is 33.1. The van der Waals surface area contributed by atoms with Crippen molar-refractivity contribution in [1.29, 1.82) is 0 Å². The Labute approximate surface area is 212 Å². The minimum absolute atomic E-state index is 0.516. The third-order valence-electron chi connectivity index (χ3n) is 6.47. The summed E-state index contributed by atoms with van der Waals surface area (Å²) < 4.78 is 12.2. The zero-order valence-corrected chi connectivity index (χ0v) is 21.9. The quantitative estimate of drug-likeness (QED) is 0.280. The molecule has 2 aliphatic rings. The number of benzene rings is 2. The Bertz CT molecular complexity index is 858. The van der Waals surface area contributed by atoms with Gasteiger partial charge in [-0.15, -0.1) is 0 Å². The molecule has 0 amide bonds. The van der Waals surface area contributed by atoms with Crippen molar-refractivity contribution in [3.63, 3.8) is 0 Å². The lowest BCUT2D eigenvalue weighted by atomic mass is 10.1. The fourth-order valence-corrected chi connectivity index (χ4v) is 6.87. The Kier molecular flexibility index (Phi) is 9.86. The highest BCUT2D eigenvalue weighted by Gasteiger charge is 2.24. The maximum Gasteiger partial charge on any atom is 0.113 e. The topological polar surface area (TPSA) is 24.9 Å². The molecule has 0 fully saturated rings. The highest BCUT2D eigenvalue weighted by Crippen LogP contribution is 2.31. The fourth-order valence-electron chi connectivity index (χ4n) is 4.09. The molecule has 0 spiro atoms. The minimum Gasteiger partial charge on any atom is -0.493 e. The van der Waals surface area contributed by atoms with Gasteiger partial charge in [0.25, 0.3) is 0 Å². The van der Waals surface area contributed by atoms with Crippen molar-refractivity contribution in [2.24, 2.45) is 0 Å². The van der Waals surface area contributed by atoms with E-state index in [-0.39, 0.29) is 0 Å². The second-order valence-electron chi connectivity index (χ2n) is 9.05. The Balaban J connectivity index is 1.16. The third kappa shape index (κ3) is 7.84. The summed E-state index contributed by atoms with van der Waals surface area (Å²) in [6, 6.07) is 21.9. The molecule has 2 aromatic carbocycles. The van der Waals surface area contributed by atoms with E-state index in [9.17, 15) is 0 Å². The van der Waals surface area contributed by atoms with Crippen molar-refractivity contribution in [2.75, 3.05) is 38.7 Å². The molecule has 182 valence electrons. The molecule has 6 heteroatoms. The lowest BCUT2D eigenvalue weighted by Crippen LogP contribution is -2.38. The monoisotopic (exact) mass is 496 g/mol. The number of ether oxygens (including phenoxy) is 2. The lowest BCUT2D eigenvalue weighted by molar-refractivity contribution is 0.150. The first kappa shape index (κ1) is 25.2. The first-order valence-electron chi connectivity index (χ1n) is 12.0. The van der Waals surface area contributed by atoms with Crippen LogP contribution in [0.25, 0.3) is 0 Å². The van der Waals surface area contributed by atoms with E-state index in [0.29, 0.717) is 25.3 Å². The Hall–Kier alpha value is -1.86. The van der Waals surface area contributed by atoms with Gasteiger partial charge in [0.1, 0.15) is 13.2 Å². The Morgan fingerprint density at radius 2 is 1.09 bits per heavy atom. The molecule has 2 atom stereocenters. The van der Waals surface area contributed by atoms with Gasteiger partial charge < -0.3 is 9.47 Å². The van der Waals surface area contributed by atoms with Gasteiger partial charge >= 0.3 is 0 Å². The van der Waals surface area contributed by atoms with Crippen LogP contribution in [0, 0.1) is 0 Å². The first-order valence-corrected chi connectivity index (χ1v) is 14.5. The summed E-state index contributed by atoms with van der Waals surface area (Å²) in [5.41, 5.74) is 2.45. The van der Waals surface area contributed by atoms with Gasteiger partial charge in [0.05, 0.1) is 11.5 Å². The maximum atomic E-state index is 6.12. The molecular weight excluding hydrogens is 460 g/mol. The van der Waals surface area contributed by atoms with Crippen LogP contribution in [-0.4, -0.2) is 60.6 Å². The predicted octanol–water partition coefficient (Wildman–Crippen LogP) is 5.98. The molecule has 34 heavy (non-hydrogen) atoms. The first-order chi connectivity index (χ1) is 16.7.